The molecule has 3 heterocycles. The average molecular weight is 365 g/mol. The van der Waals surface area contributed by atoms with E-state index in [4.69, 9.17) is 0 Å². The van der Waals surface area contributed by atoms with E-state index < -0.39 is 0 Å². The number of hydrogen-bond donors (Lipinski definition) is 3. The summed E-state index contributed by atoms with van der Waals surface area (Å²) in [4.78, 5) is 22.2. The molecule has 0 atom stereocenters. The first-order valence-corrected chi connectivity index (χ1v) is 9.41. The lowest BCUT2D eigenvalue weighted by atomic mass is 10.2. The molecular formula is C19H19N5OS. The summed E-state index contributed by atoms with van der Waals surface area (Å²) < 4.78 is 0. The van der Waals surface area contributed by atoms with Crippen LogP contribution in [0.4, 0.5) is 16.6 Å². The van der Waals surface area contributed by atoms with Crippen LogP contribution in [0.2, 0.25) is 0 Å². The smallest absolute Gasteiger partial charge is 0.251 e. The van der Waals surface area contributed by atoms with Crippen LogP contribution in [0.5, 0.6) is 0 Å². The zero-order valence-corrected chi connectivity index (χ0v) is 15.0. The van der Waals surface area contributed by atoms with Crippen molar-refractivity contribution in [2.75, 3.05) is 23.7 Å². The number of carbonyl (C=O) groups is 1. The summed E-state index contributed by atoms with van der Waals surface area (Å²) in [5, 5.41) is 10.4. The topological polar surface area (TPSA) is 78.9 Å². The Hall–Kier alpha value is -2.93. The Morgan fingerprint density at radius 1 is 0.962 bits per heavy atom. The summed E-state index contributed by atoms with van der Waals surface area (Å²) in [6.45, 7) is 1.47. The number of amides is 1. The lowest BCUT2D eigenvalue weighted by molar-refractivity contribution is 0.0953. The minimum absolute atomic E-state index is 0.0564. The zero-order valence-electron chi connectivity index (χ0n) is 14.2. The van der Waals surface area contributed by atoms with Crippen LogP contribution >= 0.6 is 11.3 Å². The van der Waals surface area contributed by atoms with Crippen molar-refractivity contribution >= 4 is 33.9 Å². The largest absolute Gasteiger partial charge is 0.370 e. The molecule has 0 saturated heterocycles. The maximum Gasteiger partial charge on any atom is 0.251 e. The third kappa shape index (κ3) is 3.83. The van der Waals surface area contributed by atoms with Gasteiger partial charge in [0, 0.05) is 36.7 Å². The van der Waals surface area contributed by atoms with Crippen molar-refractivity contribution in [2.24, 2.45) is 0 Å². The monoisotopic (exact) mass is 365 g/mol. The van der Waals surface area contributed by atoms with Gasteiger partial charge >= 0.3 is 0 Å². The van der Waals surface area contributed by atoms with Gasteiger partial charge in [0.1, 0.15) is 5.82 Å². The van der Waals surface area contributed by atoms with Crippen molar-refractivity contribution in [1.82, 2.24) is 15.3 Å². The standard InChI is InChI=1S/C19H19N5OS/c25-18-14-4-3-5-15(10-14)24-19-23-12-16(26-19)13-6-9-21-17(11-13)20-7-1-2-8-22-18/h3-6,9-12H,1-2,7-8H2,(H,20,21)(H,22,25)(H,23,24). The Kier molecular flexibility index (Phi) is 4.79. The molecule has 1 aromatic carbocycles. The second-order valence-corrected chi connectivity index (χ2v) is 7.09. The van der Waals surface area contributed by atoms with Gasteiger partial charge in [0.2, 0.25) is 0 Å². The van der Waals surface area contributed by atoms with E-state index in [1.165, 1.54) is 0 Å². The maximum absolute atomic E-state index is 12.3. The first-order chi connectivity index (χ1) is 12.8. The maximum atomic E-state index is 12.3. The second-order valence-electron chi connectivity index (χ2n) is 6.06. The van der Waals surface area contributed by atoms with E-state index in [-0.39, 0.29) is 5.91 Å². The molecule has 1 amide bonds. The molecule has 1 aliphatic heterocycles. The molecule has 3 N–H and O–H groups in total. The lowest BCUT2D eigenvalue weighted by Crippen LogP contribution is -2.24. The van der Waals surface area contributed by atoms with Crippen LogP contribution in [-0.2, 0) is 0 Å². The molecular weight excluding hydrogens is 346 g/mol. The van der Waals surface area contributed by atoms with Crippen LogP contribution in [0, 0.1) is 0 Å². The fourth-order valence-corrected chi connectivity index (χ4v) is 3.61. The highest BCUT2D eigenvalue weighted by molar-refractivity contribution is 7.18. The minimum atomic E-state index is -0.0564. The van der Waals surface area contributed by atoms with Gasteiger partial charge in [0.25, 0.3) is 5.91 Å². The molecule has 132 valence electrons. The summed E-state index contributed by atoms with van der Waals surface area (Å²) in [7, 11) is 0. The van der Waals surface area contributed by atoms with E-state index in [2.05, 4.69) is 25.9 Å². The average Bonchev–Trinajstić information content (AvgIpc) is 3.13. The molecule has 3 aromatic rings. The zero-order chi connectivity index (χ0) is 17.8. The van der Waals surface area contributed by atoms with Crippen LogP contribution in [0.25, 0.3) is 10.4 Å². The predicted octanol–water partition coefficient (Wildman–Crippen LogP) is 3.88. The highest BCUT2D eigenvalue weighted by atomic mass is 32.1. The number of nitrogens with one attached hydrogen (secondary N) is 3. The first-order valence-electron chi connectivity index (χ1n) is 8.59. The summed E-state index contributed by atoms with van der Waals surface area (Å²) in [5.41, 5.74) is 2.58. The first kappa shape index (κ1) is 16.5. The molecule has 0 aliphatic carbocycles. The number of benzene rings is 1. The van der Waals surface area contributed by atoms with Gasteiger partial charge in [-0.2, -0.15) is 0 Å². The second kappa shape index (κ2) is 7.53. The molecule has 6 bridgehead atoms. The number of hydrogen-bond acceptors (Lipinski definition) is 6. The van der Waals surface area contributed by atoms with Crippen LogP contribution in [0.1, 0.15) is 23.2 Å². The molecule has 0 saturated carbocycles. The summed E-state index contributed by atoms with van der Waals surface area (Å²) in [6, 6.07) is 11.5. The van der Waals surface area contributed by atoms with E-state index in [1.807, 2.05) is 48.8 Å². The molecule has 6 nitrogen and oxygen atoms in total. The normalized spacial score (nSPS) is 14.5. The molecule has 26 heavy (non-hydrogen) atoms. The van der Waals surface area contributed by atoms with Crippen LogP contribution in [0.15, 0.2) is 48.8 Å². The van der Waals surface area contributed by atoms with Crippen molar-refractivity contribution in [3.8, 4) is 10.4 Å². The van der Waals surface area contributed by atoms with Crippen LogP contribution in [-0.4, -0.2) is 29.0 Å². The van der Waals surface area contributed by atoms with E-state index in [0.717, 1.165) is 46.5 Å². The van der Waals surface area contributed by atoms with Crippen molar-refractivity contribution in [3.05, 3.63) is 54.4 Å². The van der Waals surface area contributed by atoms with Gasteiger partial charge in [-0.05, 0) is 48.7 Å². The number of pyridine rings is 1. The van der Waals surface area contributed by atoms with Gasteiger partial charge < -0.3 is 16.0 Å². The Morgan fingerprint density at radius 2 is 1.85 bits per heavy atom. The Morgan fingerprint density at radius 3 is 2.77 bits per heavy atom. The third-order valence-corrected chi connectivity index (χ3v) is 5.08. The van der Waals surface area contributed by atoms with Crippen molar-refractivity contribution in [1.29, 1.82) is 0 Å². The van der Waals surface area contributed by atoms with E-state index in [1.54, 1.807) is 11.3 Å². The Balaban J connectivity index is 1.66. The Labute approximate surface area is 155 Å². The number of aromatic nitrogens is 2. The predicted molar refractivity (Wildman–Crippen MR) is 105 cm³/mol. The van der Waals surface area contributed by atoms with Gasteiger partial charge in [0.15, 0.2) is 5.13 Å². The van der Waals surface area contributed by atoms with E-state index >= 15 is 0 Å². The van der Waals surface area contributed by atoms with Crippen LogP contribution < -0.4 is 16.0 Å². The lowest BCUT2D eigenvalue weighted by Gasteiger charge is -2.08. The van der Waals surface area contributed by atoms with Gasteiger partial charge in [-0.1, -0.05) is 17.4 Å². The molecule has 0 unspecified atom stereocenters. The van der Waals surface area contributed by atoms with Gasteiger partial charge in [-0.15, -0.1) is 0 Å². The molecule has 1 aliphatic rings. The summed E-state index contributed by atoms with van der Waals surface area (Å²) >= 11 is 1.57. The van der Waals surface area contributed by atoms with Crippen molar-refractivity contribution in [2.45, 2.75) is 12.8 Å². The van der Waals surface area contributed by atoms with E-state index in [9.17, 15) is 4.79 Å². The minimum Gasteiger partial charge on any atom is -0.370 e. The SMILES string of the molecule is O=C1NCCCCNc2cc(ccn2)-c2cnc(s2)Nc2cccc1c2. The van der Waals surface area contributed by atoms with Gasteiger partial charge in [-0.3, -0.25) is 4.79 Å². The highest BCUT2D eigenvalue weighted by Gasteiger charge is 2.09. The van der Waals surface area contributed by atoms with Crippen LogP contribution in [0.3, 0.4) is 0 Å². The summed E-state index contributed by atoms with van der Waals surface area (Å²) in [6.07, 6.45) is 5.53. The fraction of sp³-hybridized carbons (Fsp3) is 0.211. The number of rotatable bonds is 0. The number of carbonyl (C=O) groups excluding carboxylic acids is 1. The number of nitrogens with zero attached hydrogens (tertiary/aromatic N) is 2. The molecule has 0 fully saturated rings. The molecule has 0 spiro atoms. The third-order valence-electron chi connectivity index (χ3n) is 4.12. The summed E-state index contributed by atoms with van der Waals surface area (Å²) in [5.74, 6) is 0.796. The highest BCUT2D eigenvalue weighted by Crippen LogP contribution is 2.31. The molecule has 7 heteroatoms. The quantitative estimate of drug-likeness (QED) is 0.563. The number of thiazole rings is 1. The molecule has 0 radical (unpaired) electrons. The van der Waals surface area contributed by atoms with Gasteiger partial charge in [0.05, 0.1) is 4.88 Å². The van der Waals surface area contributed by atoms with E-state index in [0.29, 0.717) is 12.1 Å². The Bertz CT molecular complexity index is 924. The van der Waals surface area contributed by atoms with Crippen molar-refractivity contribution in [3.63, 3.8) is 0 Å². The molecule has 4 rings (SSSR count). The number of anilines is 3. The van der Waals surface area contributed by atoms with Gasteiger partial charge in [-0.25, -0.2) is 9.97 Å². The fourth-order valence-electron chi connectivity index (χ4n) is 2.78. The number of fused-ring (bicyclic) bond motifs is 7. The van der Waals surface area contributed by atoms with Crippen molar-refractivity contribution < 1.29 is 4.79 Å². The molecule has 2 aromatic heterocycles.